The molecule has 0 aliphatic carbocycles. The summed E-state index contributed by atoms with van der Waals surface area (Å²) in [5.41, 5.74) is 1.65. The van der Waals surface area contributed by atoms with Gasteiger partial charge in [-0.05, 0) is 25.0 Å². The van der Waals surface area contributed by atoms with Crippen LogP contribution in [0, 0.1) is 0 Å². The average molecular weight is 208 g/mol. The van der Waals surface area contributed by atoms with Crippen molar-refractivity contribution in [1.82, 2.24) is 0 Å². The molecule has 15 heavy (non-hydrogen) atoms. The Morgan fingerprint density at radius 1 is 1.27 bits per heavy atom. The van der Waals surface area contributed by atoms with E-state index < -0.39 is 6.10 Å². The Labute approximate surface area is 89.7 Å². The second-order valence-electron chi connectivity index (χ2n) is 3.56. The van der Waals surface area contributed by atoms with Gasteiger partial charge in [-0.25, -0.2) is 0 Å². The molecule has 0 aliphatic heterocycles. The first-order chi connectivity index (χ1) is 7.02. The van der Waals surface area contributed by atoms with Gasteiger partial charge in [0.2, 0.25) is 0 Å². The van der Waals surface area contributed by atoms with E-state index >= 15 is 0 Å². The Kier molecular flexibility index (Phi) is 3.86. The van der Waals surface area contributed by atoms with Gasteiger partial charge in [-0.3, -0.25) is 4.79 Å². The van der Waals surface area contributed by atoms with Gasteiger partial charge in [0, 0.05) is 6.92 Å². The lowest BCUT2D eigenvalue weighted by Crippen LogP contribution is -2.08. The Balaban J connectivity index is 2.97. The van der Waals surface area contributed by atoms with Crippen molar-refractivity contribution in [2.75, 3.05) is 0 Å². The van der Waals surface area contributed by atoms with E-state index in [0.717, 1.165) is 11.1 Å². The molecular formula is C12H16O3. The van der Waals surface area contributed by atoms with E-state index in [9.17, 15) is 9.90 Å². The number of aliphatic hydroxyl groups is 1. The summed E-state index contributed by atoms with van der Waals surface area (Å²) in [6, 6.07) is 7.41. The van der Waals surface area contributed by atoms with Crippen LogP contribution in [0.2, 0.25) is 0 Å². The Morgan fingerprint density at radius 2 is 1.80 bits per heavy atom. The number of hydrogen-bond acceptors (Lipinski definition) is 3. The molecule has 0 fully saturated rings. The number of ether oxygens (including phenoxy) is 1. The molecule has 0 aromatic heterocycles. The number of benzene rings is 1. The van der Waals surface area contributed by atoms with E-state index in [1.807, 2.05) is 24.3 Å². The molecule has 1 N–H and O–H groups in total. The van der Waals surface area contributed by atoms with Crippen molar-refractivity contribution < 1.29 is 14.6 Å². The van der Waals surface area contributed by atoms with Crippen LogP contribution >= 0.6 is 0 Å². The average Bonchev–Trinajstić information content (AvgIpc) is 2.16. The molecule has 0 radical (unpaired) electrons. The monoisotopic (exact) mass is 208 g/mol. The number of carbonyl (C=O) groups is 1. The van der Waals surface area contributed by atoms with E-state index in [1.54, 1.807) is 13.8 Å². The highest BCUT2D eigenvalue weighted by molar-refractivity contribution is 5.66. The van der Waals surface area contributed by atoms with Crippen LogP contribution < -0.4 is 0 Å². The van der Waals surface area contributed by atoms with Gasteiger partial charge in [0.1, 0.15) is 6.10 Å². The van der Waals surface area contributed by atoms with E-state index in [0.29, 0.717) is 0 Å². The minimum atomic E-state index is -0.556. The molecule has 0 saturated carbocycles. The molecule has 0 heterocycles. The number of carbonyl (C=O) groups excluding carboxylic acids is 1. The van der Waals surface area contributed by atoms with E-state index in [-0.39, 0.29) is 12.1 Å². The normalized spacial score (nSPS) is 14.4. The lowest BCUT2D eigenvalue weighted by atomic mass is 10.00. The zero-order valence-corrected chi connectivity index (χ0v) is 9.23. The summed E-state index contributed by atoms with van der Waals surface area (Å²) in [4.78, 5) is 10.8. The highest BCUT2D eigenvalue weighted by atomic mass is 16.5. The molecule has 0 amide bonds. The fourth-order valence-corrected chi connectivity index (χ4v) is 1.57. The van der Waals surface area contributed by atoms with Crippen LogP contribution in [-0.2, 0) is 9.53 Å². The van der Waals surface area contributed by atoms with Gasteiger partial charge in [0.05, 0.1) is 6.10 Å². The molecule has 3 heteroatoms. The first-order valence-corrected chi connectivity index (χ1v) is 4.96. The maximum absolute atomic E-state index is 10.8. The smallest absolute Gasteiger partial charge is 0.303 e. The minimum absolute atomic E-state index is 0.317. The quantitative estimate of drug-likeness (QED) is 0.776. The summed E-state index contributed by atoms with van der Waals surface area (Å²) in [5.74, 6) is -0.317. The van der Waals surface area contributed by atoms with E-state index in [4.69, 9.17) is 4.74 Å². The molecule has 2 atom stereocenters. The van der Waals surface area contributed by atoms with Crippen LogP contribution in [0.1, 0.15) is 44.1 Å². The van der Waals surface area contributed by atoms with Crippen LogP contribution in [-0.4, -0.2) is 11.1 Å². The first-order valence-electron chi connectivity index (χ1n) is 4.96. The summed E-state index contributed by atoms with van der Waals surface area (Å²) >= 11 is 0. The van der Waals surface area contributed by atoms with Crippen molar-refractivity contribution in [3.63, 3.8) is 0 Å². The van der Waals surface area contributed by atoms with Crippen molar-refractivity contribution in [3.8, 4) is 0 Å². The maximum Gasteiger partial charge on any atom is 0.303 e. The Morgan fingerprint density at radius 3 is 2.27 bits per heavy atom. The highest BCUT2D eigenvalue weighted by Crippen LogP contribution is 2.25. The predicted molar refractivity (Wildman–Crippen MR) is 57.3 cm³/mol. The third-order valence-electron chi connectivity index (χ3n) is 2.23. The van der Waals surface area contributed by atoms with Crippen LogP contribution in [0.25, 0.3) is 0 Å². The lowest BCUT2D eigenvalue weighted by Gasteiger charge is -2.17. The second-order valence-corrected chi connectivity index (χ2v) is 3.56. The van der Waals surface area contributed by atoms with Crippen LogP contribution in [0.3, 0.4) is 0 Å². The van der Waals surface area contributed by atoms with Gasteiger partial charge in [-0.1, -0.05) is 24.3 Å². The van der Waals surface area contributed by atoms with Crippen molar-refractivity contribution in [1.29, 1.82) is 0 Å². The number of hydrogen-bond donors (Lipinski definition) is 1. The third-order valence-corrected chi connectivity index (χ3v) is 2.23. The van der Waals surface area contributed by atoms with Crippen molar-refractivity contribution in [3.05, 3.63) is 35.4 Å². The summed E-state index contributed by atoms with van der Waals surface area (Å²) in [5, 5.41) is 9.55. The van der Waals surface area contributed by atoms with E-state index in [2.05, 4.69) is 0 Å². The molecule has 0 bridgehead atoms. The lowest BCUT2D eigenvalue weighted by molar-refractivity contribution is -0.145. The zero-order chi connectivity index (χ0) is 11.4. The Hall–Kier alpha value is -1.35. The molecule has 0 saturated heterocycles. The third kappa shape index (κ3) is 3.06. The molecule has 1 aromatic carbocycles. The summed E-state index contributed by atoms with van der Waals surface area (Å²) in [6.45, 7) is 4.86. The molecule has 82 valence electrons. The molecule has 3 nitrogen and oxygen atoms in total. The SMILES string of the molecule is CC(=O)O[C@H](C)c1ccccc1[C@H](C)O. The molecule has 0 unspecified atom stereocenters. The minimum Gasteiger partial charge on any atom is -0.458 e. The number of rotatable bonds is 3. The zero-order valence-electron chi connectivity index (χ0n) is 9.23. The largest absolute Gasteiger partial charge is 0.458 e. The van der Waals surface area contributed by atoms with Gasteiger partial charge < -0.3 is 9.84 Å². The van der Waals surface area contributed by atoms with Gasteiger partial charge in [-0.15, -0.1) is 0 Å². The molecule has 0 aliphatic rings. The first kappa shape index (κ1) is 11.7. The highest BCUT2D eigenvalue weighted by Gasteiger charge is 2.15. The fraction of sp³-hybridized carbons (Fsp3) is 0.417. The number of esters is 1. The van der Waals surface area contributed by atoms with Crippen LogP contribution in [0.15, 0.2) is 24.3 Å². The predicted octanol–water partition coefficient (Wildman–Crippen LogP) is 2.36. The second kappa shape index (κ2) is 4.94. The molecule has 0 spiro atoms. The van der Waals surface area contributed by atoms with E-state index in [1.165, 1.54) is 6.92 Å². The standard InChI is InChI=1S/C12H16O3/c1-8(13)11-6-4-5-7-12(11)9(2)15-10(3)14/h4-9,13H,1-3H3/t8-,9+/m0/s1. The topological polar surface area (TPSA) is 46.5 Å². The van der Waals surface area contributed by atoms with Crippen molar-refractivity contribution in [2.24, 2.45) is 0 Å². The molecular weight excluding hydrogens is 192 g/mol. The van der Waals surface area contributed by atoms with Crippen molar-refractivity contribution >= 4 is 5.97 Å². The van der Waals surface area contributed by atoms with Gasteiger partial charge in [0.25, 0.3) is 0 Å². The summed E-state index contributed by atoms with van der Waals surface area (Å²) in [7, 11) is 0. The molecule has 1 rings (SSSR count). The summed E-state index contributed by atoms with van der Waals surface area (Å²) in [6.07, 6.45) is -0.882. The molecule has 1 aromatic rings. The number of aliphatic hydroxyl groups excluding tert-OH is 1. The maximum atomic E-state index is 10.8. The van der Waals surface area contributed by atoms with Crippen molar-refractivity contribution in [2.45, 2.75) is 33.0 Å². The summed E-state index contributed by atoms with van der Waals surface area (Å²) < 4.78 is 5.08. The van der Waals surface area contributed by atoms with Gasteiger partial charge >= 0.3 is 5.97 Å². The van der Waals surface area contributed by atoms with Crippen LogP contribution in [0.4, 0.5) is 0 Å². The Bertz CT molecular complexity index is 344. The fourth-order valence-electron chi connectivity index (χ4n) is 1.57. The van der Waals surface area contributed by atoms with Gasteiger partial charge in [-0.2, -0.15) is 0 Å². The van der Waals surface area contributed by atoms with Gasteiger partial charge in [0.15, 0.2) is 0 Å². The van der Waals surface area contributed by atoms with Crippen LogP contribution in [0.5, 0.6) is 0 Å².